The molecule has 2 fully saturated rings. The van der Waals surface area contributed by atoms with Gasteiger partial charge in [-0.2, -0.15) is 0 Å². The van der Waals surface area contributed by atoms with E-state index in [1.807, 2.05) is 6.07 Å². The average molecular weight is 338 g/mol. The number of nitrogens with zero attached hydrogens (tertiary/aromatic N) is 1. The summed E-state index contributed by atoms with van der Waals surface area (Å²) in [6, 6.07) is 6.04. The van der Waals surface area contributed by atoms with Gasteiger partial charge in [0.05, 0.1) is 0 Å². The van der Waals surface area contributed by atoms with Crippen LogP contribution in [0.2, 0.25) is 0 Å². The van der Waals surface area contributed by atoms with Gasteiger partial charge >= 0.3 is 0 Å². The SMILES string of the molecule is CC(c1cc(Br)ccc1O)N1CCC2(CCCC2)CC1. The van der Waals surface area contributed by atoms with E-state index in [4.69, 9.17) is 0 Å². The summed E-state index contributed by atoms with van der Waals surface area (Å²) in [5, 5.41) is 10.1. The van der Waals surface area contributed by atoms with E-state index < -0.39 is 0 Å². The van der Waals surface area contributed by atoms with E-state index in [9.17, 15) is 5.11 Å². The highest BCUT2D eigenvalue weighted by molar-refractivity contribution is 9.10. The van der Waals surface area contributed by atoms with Crippen molar-refractivity contribution < 1.29 is 5.11 Å². The molecule has 3 rings (SSSR count). The average Bonchev–Trinajstić information content (AvgIpc) is 2.90. The van der Waals surface area contributed by atoms with Gasteiger partial charge in [0.15, 0.2) is 0 Å². The zero-order valence-corrected chi connectivity index (χ0v) is 13.8. The summed E-state index contributed by atoms with van der Waals surface area (Å²) in [4.78, 5) is 2.53. The number of hydrogen-bond donors (Lipinski definition) is 1. The van der Waals surface area contributed by atoms with Crippen LogP contribution in [-0.2, 0) is 0 Å². The highest BCUT2D eigenvalue weighted by atomic mass is 79.9. The van der Waals surface area contributed by atoms with Gasteiger partial charge in [0, 0.05) is 16.1 Å². The van der Waals surface area contributed by atoms with E-state index in [2.05, 4.69) is 33.8 Å². The number of phenols is 1. The van der Waals surface area contributed by atoms with Crippen LogP contribution >= 0.6 is 15.9 Å². The van der Waals surface area contributed by atoms with Crippen LogP contribution in [0.15, 0.2) is 22.7 Å². The molecule has 1 saturated heterocycles. The predicted octanol–water partition coefficient (Wildman–Crippen LogP) is 4.87. The lowest BCUT2D eigenvalue weighted by atomic mass is 9.76. The smallest absolute Gasteiger partial charge is 0.120 e. The lowest BCUT2D eigenvalue weighted by Crippen LogP contribution is -2.40. The van der Waals surface area contributed by atoms with Crippen molar-refractivity contribution in [3.63, 3.8) is 0 Å². The van der Waals surface area contributed by atoms with Crippen molar-refractivity contribution in [1.82, 2.24) is 4.90 Å². The standard InChI is InChI=1S/C17H24BrNO/c1-13(15-12-14(18)4-5-16(15)20)19-10-8-17(9-11-19)6-2-3-7-17/h4-5,12-13,20H,2-3,6-11H2,1H3. The number of likely N-dealkylation sites (tertiary alicyclic amines) is 1. The third kappa shape index (κ3) is 2.75. The van der Waals surface area contributed by atoms with Crippen molar-refractivity contribution in [2.45, 2.75) is 51.5 Å². The zero-order valence-electron chi connectivity index (χ0n) is 12.2. The van der Waals surface area contributed by atoms with Gasteiger partial charge in [0.1, 0.15) is 5.75 Å². The number of halogens is 1. The second-order valence-electron chi connectivity index (χ2n) is 6.62. The Kier molecular flexibility index (Phi) is 4.09. The van der Waals surface area contributed by atoms with Gasteiger partial charge in [-0.1, -0.05) is 28.8 Å². The molecule has 1 aliphatic carbocycles. The lowest BCUT2D eigenvalue weighted by molar-refractivity contribution is 0.0806. The van der Waals surface area contributed by atoms with Crippen LogP contribution in [0.4, 0.5) is 0 Å². The van der Waals surface area contributed by atoms with Crippen molar-refractivity contribution in [3.05, 3.63) is 28.2 Å². The summed E-state index contributed by atoms with van der Waals surface area (Å²) < 4.78 is 1.04. The number of rotatable bonds is 2. The van der Waals surface area contributed by atoms with E-state index in [1.165, 1.54) is 51.6 Å². The summed E-state index contributed by atoms with van der Waals surface area (Å²) in [5.74, 6) is 0.418. The first kappa shape index (κ1) is 14.4. The van der Waals surface area contributed by atoms with Gasteiger partial charge in [-0.05, 0) is 69.3 Å². The molecule has 1 aromatic carbocycles. The largest absolute Gasteiger partial charge is 0.508 e. The molecule has 1 spiro atoms. The second kappa shape index (κ2) is 5.69. The van der Waals surface area contributed by atoms with Crippen LogP contribution in [-0.4, -0.2) is 23.1 Å². The molecule has 1 aromatic rings. The van der Waals surface area contributed by atoms with E-state index in [-0.39, 0.29) is 0 Å². The van der Waals surface area contributed by atoms with Crippen LogP contribution < -0.4 is 0 Å². The molecule has 0 aromatic heterocycles. The van der Waals surface area contributed by atoms with Crippen molar-refractivity contribution >= 4 is 15.9 Å². The number of benzene rings is 1. The third-order valence-electron chi connectivity index (χ3n) is 5.51. The van der Waals surface area contributed by atoms with E-state index in [0.717, 1.165) is 10.0 Å². The quantitative estimate of drug-likeness (QED) is 0.831. The van der Waals surface area contributed by atoms with E-state index in [0.29, 0.717) is 17.2 Å². The predicted molar refractivity (Wildman–Crippen MR) is 85.9 cm³/mol. The molecule has 110 valence electrons. The fourth-order valence-electron chi connectivity index (χ4n) is 4.07. The second-order valence-corrected chi connectivity index (χ2v) is 7.54. The minimum atomic E-state index is 0.297. The fourth-order valence-corrected chi connectivity index (χ4v) is 4.45. The summed E-state index contributed by atoms with van der Waals surface area (Å²) in [6.07, 6.45) is 8.43. The van der Waals surface area contributed by atoms with Crippen molar-refractivity contribution in [3.8, 4) is 5.75 Å². The Morgan fingerprint density at radius 1 is 1.15 bits per heavy atom. The minimum Gasteiger partial charge on any atom is -0.508 e. The molecule has 1 heterocycles. The molecular formula is C17H24BrNO. The first-order valence-electron chi connectivity index (χ1n) is 7.82. The van der Waals surface area contributed by atoms with Gasteiger partial charge in [-0.25, -0.2) is 0 Å². The monoisotopic (exact) mass is 337 g/mol. The van der Waals surface area contributed by atoms with Crippen LogP contribution in [0, 0.1) is 5.41 Å². The summed E-state index contributed by atoms with van der Waals surface area (Å²) in [5.41, 5.74) is 1.71. The van der Waals surface area contributed by atoms with Crippen LogP contribution in [0.5, 0.6) is 5.75 Å². The Morgan fingerprint density at radius 3 is 2.45 bits per heavy atom. The number of aromatic hydroxyl groups is 1. The summed E-state index contributed by atoms with van der Waals surface area (Å²) in [7, 11) is 0. The molecule has 1 aliphatic heterocycles. The normalized spacial score (nSPS) is 24.1. The van der Waals surface area contributed by atoms with Gasteiger partial charge in [0.2, 0.25) is 0 Å². The first-order chi connectivity index (χ1) is 9.60. The highest BCUT2D eigenvalue weighted by Crippen LogP contribution is 2.47. The Bertz CT molecular complexity index is 472. The topological polar surface area (TPSA) is 23.5 Å². The van der Waals surface area contributed by atoms with E-state index in [1.54, 1.807) is 6.07 Å². The van der Waals surface area contributed by atoms with E-state index >= 15 is 0 Å². The Hall–Kier alpha value is -0.540. The lowest BCUT2D eigenvalue weighted by Gasteiger charge is -2.42. The molecule has 1 atom stereocenters. The third-order valence-corrected chi connectivity index (χ3v) is 6.00. The van der Waals surface area contributed by atoms with Gasteiger partial charge < -0.3 is 5.11 Å². The minimum absolute atomic E-state index is 0.297. The number of phenolic OH excluding ortho intramolecular Hbond substituents is 1. The van der Waals surface area contributed by atoms with Crippen LogP contribution in [0.3, 0.4) is 0 Å². The maximum absolute atomic E-state index is 10.1. The van der Waals surface area contributed by atoms with Crippen LogP contribution in [0.25, 0.3) is 0 Å². The molecule has 0 bridgehead atoms. The Morgan fingerprint density at radius 2 is 1.80 bits per heavy atom. The molecule has 1 unspecified atom stereocenters. The first-order valence-corrected chi connectivity index (χ1v) is 8.61. The molecule has 2 aliphatic rings. The number of hydrogen-bond acceptors (Lipinski definition) is 2. The summed E-state index contributed by atoms with van der Waals surface area (Å²) in [6.45, 7) is 4.56. The molecule has 2 nitrogen and oxygen atoms in total. The van der Waals surface area contributed by atoms with Crippen molar-refractivity contribution in [2.75, 3.05) is 13.1 Å². The molecule has 1 N–H and O–H groups in total. The molecule has 1 saturated carbocycles. The molecule has 0 radical (unpaired) electrons. The highest BCUT2D eigenvalue weighted by Gasteiger charge is 2.38. The van der Waals surface area contributed by atoms with Gasteiger partial charge in [-0.3, -0.25) is 4.90 Å². The maximum atomic E-state index is 10.1. The number of piperidine rings is 1. The fraction of sp³-hybridized carbons (Fsp3) is 0.647. The maximum Gasteiger partial charge on any atom is 0.120 e. The zero-order chi connectivity index (χ0) is 14.2. The molecule has 20 heavy (non-hydrogen) atoms. The van der Waals surface area contributed by atoms with Gasteiger partial charge in [-0.15, -0.1) is 0 Å². The Labute approximate surface area is 130 Å². The molecule has 3 heteroatoms. The molecular weight excluding hydrogens is 314 g/mol. The van der Waals surface area contributed by atoms with Gasteiger partial charge in [0.25, 0.3) is 0 Å². The Balaban J connectivity index is 1.69. The van der Waals surface area contributed by atoms with Crippen LogP contribution in [0.1, 0.15) is 57.1 Å². The van der Waals surface area contributed by atoms with Crippen molar-refractivity contribution in [1.29, 1.82) is 0 Å². The van der Waals surface area contributed by atoms with Crippen molar-refractivity contribution in [2.24, 2.45) is 5.41 Å². The molecule has 0 amide bonds. The summed E-state index contributed by atoms with van der Waals surface area (Å²) >= 11 is 3.51.